The third kappa shape index (κ3) is 4.18. The fourth-order valence-corrected chi connectivity index (χ4v) is 3.00. The fourth-order valence-electron chi connectivity index (χ4n) is 3.00. The highest BCUT2D eigenvalue weighted by Gasteiger charge is 2.47. The second kappa shape index (κ2) is 5.94. The second-order valence-corrected chi connectivity index (χ2v) is 6.49. The van der Waals surface area contributed by atoms with Crippen LogP contribution in [0.5, 0.6) is 0 Å². The van der Waals surface area contributed by atoms with Crippen molar-refractivity contribution in [2.45, 2.75) is 64.3 Å². The van der Waals surface area contributed by atoms with Crippen LogP contribution in [0.15, 0.2) is 6.33 Å². The molecule has 1 aliphatic carbocycles. The zero-order chi connectivity index (χ0) is 15.7. The lowest BCUT2D eigenvalue weighted by molar-refractivity contribution is -0.200. The van der Waals surface area contributed by atoms with Gasteiger partial charge >= 0.3 is 6.18 Å². The zero-order valence-corrected chi connectivity index (χ0v) is 12.4. The number of alkyl halides is 3. The van der Waals surface area contributed by atoms with Crippen molar-refractivity contribution < 1.29 is 18.3 Å². The first-order chi connectivity index (χ1) is 9.70. The van der Waals surface area contributed by atoms with Crippen LogP contribution in [0.4, 0.5) is 13.2 Å². The lowest BCUT2D eigenvalue weighted by Gasteiger charge is -2.37. The van der Waals surface area contributed by atoms with Crippen molar-refractivity contribution in [2.24, 2.45) is 11.8 Å². The predicted octanol–water partition coefficient (Wildman–Crippen LogP) is 2.96. The van der Waals surface area contributed by atoms with E-state index in [2.05, 4.69) is 10.1 Å². The van der Waals surface area contributed by atoms with E-state index in [1.54, 1.807) is 4.68 Å². The molecule has 120 valence electrons. The Bertz CT molecular complexity index is 472. The van der Waals surface area contributed by atoms with Gasteiger partial charge in [-0.3, -0.25) is 0 Å². The van der Waals surface area contributed by atoms with Gasteiger partial charge in [0.25, 0.3) is 0 Å². The summed E-state index contributed by atoms with van der Waals surface area (Å²) in [4.78, 5) is 4.11. The van der Waals surface area contributed by atoms with Crippen molar-refractivity contribution in [3.05, 3.63) is 12.2 Å². The van der Waals surface area contributed by atoms with Crippen molar-refractivity contribution in [3.63, 3.8) is 0 Å². The zero-order valence-electron chi connectivity index (χ0n) is 12.4. The van der Waals surface area contributed by atoms with Crippen LogP contribution in [0.3, 0.4) is 0 Å². The van der Waals surface area contributed by atoms with Gasteiger partial charge in [0, 0.05) is 13.0 Å². The Morgan fingerprint density at radius 1 is 1.48 bits per heavy atom. The minimum atomic E-state index is -4.24. The standard InChI is InChI=1S/C14H22F3N3O/c1-10(2)8-20-12(18-9-19-20)7-13(21)5-3-4-11(6-13)14(15,16)17/h9-11,21H,3-8H2,1-2H3. The molecule has 0 aliphatic heterocycles. The first kappa shape index (κ1) is 16.3. The molecule has 2 rings (SSSR count). The molecule has 0 spiro atoms. The van der Waals surface area contributed by atoms with Crippen molar-refractivity contribution >= 4 is 0 Å². The summed E-state index contributed by atoms with van der Waals surface area (Å²) in [5.41, 5.74) is -1.33. The quantitative estimate of drug-likeness (QED) is 0.930. The summed E-state index contributed by atoms with van der Waals surface area (Å²) in [6.45, 7) is 4.70. The molecular weight excluding hydrogens is 283 g/mol. The lowest BCUT2D eigenvalue weighted by atomic mass is 9.76. The molecule has 7 heteroatoms. The van der Waals surface area contributed by atoms with E-state index in [1.807, 2.05) is 13.8 Å². The van der Waals surface area contributed by atoms with Gasteiger partial charge in [-0.2, -0.15) is 18.3 Å². The largest absolute Gasteiger partial charge is 0.391 e. The number of hydrogen-bond donors (Lipinski definition) is 1. The first-order valence-electron chi connectivity index (χ1n) is 7.35. The van der Waals surface area contributed by atoms with Gasteiger partial charge in [0.15, 0.2) is 0 Å². The van der Waals surface area contributed by atoms with E-state index in [4.69, 9.17) is 0 Å². The Hall–Kier alpha value is -1.11. The Morgan fingerprint density at radius 3 is 2.81 bits per heavy atom. The van der Waals surface area contributed by atoms with Crippen LogP contribution >= 0.6 is 0 Å². The molecule has 1 saturated carbocycles. The molecule has 1 fully saturated rings. The molecule has 21 heavy (non-hydrogen) atoms. The third-order valence-corrected chi connectivity index (χ3v) is 4.00. The summed E-state index contributed by atoms with van der Waals surface area (Å²) in [5.74, 6) is -0.499. The predicted molar refractivity (Wildman–Crippen MR) is 71.5 cm³/mol. The highest BCUT2D eigenvalue weighted by atomic mass is 19.4. The number of rotatable bonds is 4. The molecule has 0 radical (unpaired) electrons. The Kier molecular flexibility index (Phi) is 4.60. The molecule has 1 aromatic heterocycles. The maximum atomic E-state index is 12.9. The minimum Gasteiger partial charge on any atom is -0.389 e. The van der Waals surface area contributed by atoms with Crippen LogP contribution in [0.25, 0.3) is 0 Å². The highest BCUT2D eigenvalue weighted by Crippen LogP contribution is 2.42. The smallest absolute Gasteiger partial charge is 0.389 e. The number of nitrogens with zero attached hydrogens (tertiary/aromatic N) is 3. The van der Waals surface area contributed by atoms with Crippen molar-refractivity contribution in [3.8, 4) is 0 Å². The monoisotopic (exact) mass is 305 g/mol. The van der Waals surface area contributed by atoms with Gasteiger partial charge < -0.3 is 5.11 Å². The summed E-state index contributed by atoms with van der Waals surface area (Å²) in [6, 6.07) is 0. The average Bonchev–Trinajstić information content (AvgIpc) is 2.74. The molecule has 0 amide bonds. The highest BCUT2D eigenvalue weighted by molar-refractivity contribution is 4.98. The van der Waals surface area contributed by atoms with Crippen molar-refractivity contribution in [2.75, 3.05) is 0 Å². The maximum Gasteiger partial charge on any atom is 0.391 e. The molecule has 1 aliphatic rings. The van der Waals surface area contributed by atoms with E-state index in [1.165, 1.54) is 6.33 Å². The van der Waals surface area contributed by atoms with Gasteiger partial charge in [-0.05, 0) is 31.6 Å². The van der Waals surface area contributed by atoms with Gasteiger partial charge in [-0.15, -0.1) is 0 Å². The molecular formula is C14H22F3N3O. The summed E-state index contributed by atoms with van der Waals surface area (Å²) in [7, 11) is 0. The van der Waals surface area contributed by atoms with Gasteiger partial charge in [0.05, 0.1) is 11.5 Å². The molecule has 0 bridgehead atoms. The van der Waals surface area contributed by atoms with E-state index >= 15 is 0 Å². The average molecular weight is 305 g/mol. The van der Waals surface area contributed by atoms with Crippen LogP contribution in [0.1, 0.15) is 45.4 Å². The van der Waals surface area contributed by atoms with E-state index in [9.17, 15) is 18.3 Å². The number of hydrogen-bond acceptors (Lipinski definition) is 3. The lowest BCUT2D eigenvalue weighted by Crippen LogP contribution is -2.42. The van der Waals surface area contributed by atoms with Crippen LogP contribution < -0.4 is 0 Å². The molecule has 4 nitrogen and oxygen atoms in total. The molecule has 2 unspecified atom stereocenters. The second-order valence-electron chi connectivity index (χ2n) is 6.49. The summed E-state index contributed by atoms with van der Waals surface area (Å²) >= 11 is 0. The third-order valence-electron chi connectivity index (χ3n) is 4.00. The number of aliphatic hydroxyl groups is 1. The van der Waals surface area contributed by atoms with Crippen LogP contribution in [0, 0.1) is 11.8 Å². The van der Waals surface area contributed by atoms with Gasteiger partial charge in [0.1, 0.15) is 12.2 Å². The van der Waals surface area contributed by atoms with Gasteiger partial charge in [0.2, 0.25) is 0 Å². The Balaban J connectivity index is 2.09. The van der Waals surface area contributed by atoms with E-state index in [-0.39, 0.29) is 19.3 Å². The van der Waals surface area contributed by atoms with E-state index in [0.717, 1.165) is 0 Å². The molecule has 0 aromatic carbocycles. The van der Waals surface area contributed by atoms with E-state index < -0.39 is 17.7 Å². The molecule has 1 aromatic rings. The molecule has 1 heterocycles. The van der Waals surface area contributed by atoms with Crippen molar-refractivity contribution in [1.29, 1.82) is 0 Å². The number of aromatic nitrogens is 3. The summed E-state index contributed by atoms with van der Waals surface area (Å²) in [5, 5.41) is 14.6. The maximum absolute atomic E-state index is 12.9. The molecule has 0 saturated heterocycles. The van der Waals surface area contributed by atoms with Gasteiger partial charge in [-0.1, -0.05) is 13.8 Å². The normalized spacial score (nSPS) is 27.3. The van der Waals surface area contributed by atoms with Crippen molar-refractivity contribution in [1.82, 2.24) is 14.8 Å². The number of halogens is 3. The molecule has 1 N–H and O–H groups in total. The minimum absolute atomic E-state index is 0.102. The summed E-state index contributed by atoms with van der Waals surface area (Å²) in [6.07, 6.45) is -2.08. The SMILES string of the molecule is CC(C)Cn1ncnc1CC1(O)CCCC(C(F)(F)F)C1. The topological polar surface area (TPSA) is 50.9 Å². The van der Waals surface area contributed by atoms with E-state index in [0.29, 0.717) is 31.1 Å². The van der Waals surface area contributed by atoms with Gasteiger partial charge in [-0.25, -0.2) is 9.67 Å². The molecule has 2 atom stereocenters. The Labute approximate surface area is 122 Å². The fraction of sp³-hybridized carbons (Fsp3) is 0.857. The van der Waals surface area contributed by atoms with Crippen LogP contribution in [-0.4, -0.2) is 31.6 Å². The summed E-state index contributed by atoms with van der Waals surface area (Å²) < 4.78 is 40.3. The van der Waals surface area contributed by atoms with Crippen LogP contribution in [0.2, 0.25) is 0 Å². The van der Waals surface area contributed by atoms with Crippen LogP contribution in [-0.2, 0) is 13.0 Å². The first-order valence-corrected chi connectivity index (χ1v) is 7.35. The Morgan fingerprint density at radius 2 is 2.19 bits per heavy atom.